The molecule has 1 N–H and O–H groups in total. The second-order valence-electron chi connectivity index (χ2n) is 3.55. The predicted molar refractivity (Wildman–Crippen MR) is 56.8 cm³/mol. The fourth-order valence-corrected chi connectivity index (χ4v) is 1.77. The Morgan fingerprint density at radius 1 is 1.50 bits per heavy atom. The molecule has 14 heavy (non-hydrogen) atoms. The maximum Gasteiger partial charge on any atom is 0.443 e. The SMILES string of the molecule is COc1ccc2c(c1)OB(C)NC2C. The van der Waals surface area contributed by atoms with Gasteiger partial charge in [-0.15, -0.1) is 0 Å². The highest BCUT2D eigenvalue weighted by Gasteiger charge is 2.25. The third-order valence-corrected chi connectivity index (χ3v) is 2.48. The van der Waals surface area contributed by atoms with Crippen LogP contribution < -0.4 is 14.6 Å². The molecule has 0 saturated heterocycles. The molecular formula is C10H14BNO2. The fraction of sp³-hybridized carbons (Fsp3) is 0.400. The molecule has 0 aliphatic carbocycles. The molecule has 1 aliphatic rings. The van der Waals surface area contributed by atoms with Gasteiger partial charge in [0.1, 0.15) is 11.5 Å². The minimum absolute atomic E-state index is 0.0598. The number of methoxy groups -OCH3 is 1. The molecule has 4 heteroatoms. The van der Waals surface area contributed by atoms with Crippen molar-refractivity contribution in [2.24, 2.45) is 0 Å². The molecular weight excluding hydrogens is 177 g/mol. The van der Waals surface area contributed by atoms with E-state index in [0.717, 1.165) is 11.5 Å². The normalized spacial score (nSPS) is 19.9. The Bertz CT molecular complexity index is 343. The molecule has 3 nitrogen and oxygen atoms in total. The Balaban J connectivity index is 2.39. The summed E-state index contributed by atoms with van der Waals surface area (Å²) in [5.41, 5.74) is 1.18. The van der Waals surface area contributed by atoms with Crippen LogP contribution >= 0.6 is 0 Å². The number of hydrogen-bond donors (Lipinski definition) is 1. The molecule has 1 aliphatic heterocycles. The monoisotopic (exact) mass is 191 g/mol. The lowest BCUT2D eigenvalue weighted by Gasteiger charge is -2.28. The molecule has 0 bridgehead atoms. The van der Waals surface area contributed by atoms with Gasteiger partial charge in [-0.25, -0.2) is 0 Å². The Morgan fingerprint density at radius 3 is 3.00 bits per heavy atom. The van der Waals surface area contributed by atoms with E-state index in [-0.39, 0.29) is 7.05 Å². The maximum absolute atomic E-state index is 5.65. The fourth-order valence-electron chi connectivity index (χ4n) is 1.77. The number of ether oxygens (including phenoxy) is 1. The van der Waals surface area contributed by atoms with Crippen LogP contribution in [-0.4, -0.2) is 14.2 Å². The van der Waals surface area contributed by atoms with Crippen LogP contribution in [0.5, 0.6) is 11.5 Å². The average molecular weight is 191 g/mol. The molecule has 0 saturated carbocycles. The van der Waals surface area contributed by atoms with Gasteiger partial charge < -0.3 is 14.6 Å². The summed E-state index contributed by atoms with van der Waals surface area (Å²) in [5, 5.41) is 3.31. The molecule has 1 unspecified atom stereocenters. The van der Waals surface area contributed by atoms with Crippen LogP contribution in [0.15, 0.2) is 18.2 Å². The molecule has 0 aromatic heterocycles. The van der Waals surface area contributed by atoms with Gasteiger partial charge in [0.2, 0.25) is 0 Å². The summed E-state index contributed by atoms with van der Waals surface area (Å²) >= 11 is 0. The van der Waals surface area contributed by atoms with Crippen molar-refractivity contribution >= 4 is 7.05 Å². The summed E-state index contributed by atoms with van der Waals surface area (Å²) in [6.45, 7) is 4.13. The molecule has 0 fully saturated rings. The number of fused-ring (bicyclic) bond motifs is 1. The first kappa shape index (κ1) is 9.40. The van der Waals surface area contributed by atoms with Gasteiger partial charge in [0.15, 0.2) is 0 Å². The lowest BCUT2D eigenvalue weighted by molar-refractivity contribution is 0.408. The van der Waals surface area contributed by atoms with E-state index >= 15 is 0 Å². The summed E-state index contributed by atoms with van der Waals surface area (Å²) in [4.78, 5) is 0. The molecule has 1 aromatic carbocycles. The summed E-state index contributed by atoms with van der Waals surface area (Å²) < 4.78 is 10.8. The highest BCUT2D eigenvalue weighted by atomic mass is 16.5. The Labute approximate surface area is 84.5 Å². The molecule has 1 aromatic rings. The van der Waals surface area contributed by atoms with Crippen molar-refractivity contribution in [3.8, 4) is 11.5 Å². The largest absolute Gasteiger partial charge is 0.546 e. The second kappa shape index (κ2) is 3.54. The molecule has 74 valence electrons. The zero-order valence-corrected chi connectivity index (χ0v) is 8.70. The Morgan fingerprint density at radius 2 is 2.29 bits per heavy atom. The lowest BCUT2D eigenvalue weighted by atomic mass is 9.82. The second-order valence-corrected chi connectivity index (χ2v) is 3.55. The first-order chi connectivity index (χ1) is 6.70. The van der Waals surface area contributed by atoms with Crippen LogP contribution in [0.25, 0.3) is 0 Å². The van der Waals surface area contributed by atoms with E-state index in [4.69, 9.17) is 9.39 Å². The minimum atomic E-state index is 0.0598. The van der Waals surface area contributed by atoms with Crippen LogP contribution in [0.4, 0.5) is 0 Å². The van der Waals surface area contributed by atoms with Gasteiger partial charge in [0.25, 0.3) is 0 Å². The summed E-state index contributed by atoms with van der Waals surface area (Å²) in [7, 11) is 1.72. The summed E-state index contributed by atoms with van der Waals surface area (Å²) in [6.07, 6.45) is 0. The molecule has 1 atom stereocenters. The molecule has 0 spiro atoms. The van der Waals surface area contributed by atoms with Crippen molar-refractivity contribution in [2.45, 2.75) is 19.8 Å². The topological polar surface area (TPSA) is 30.5 Å². The van der Waals surface area contributed by atoms with Crippen LogP contribution in [0.2, 0.25) is 6.82 Å². The van der Waals surface area contributed by atoms with Crippen molar-refractivity contribution in [1.29, 1.82) is 0 Å². The third kappa shape index (κ3) is 1.57. The molecule has 2 rings (SSSR count). The molecule has 0 radical (unpaired) electrons. The number of nitrogens with one attached hydrogen (secondary N) is 1. The van der Waals surface area contributed by atoms with E-state index in [2.05, 4.69) is 12.2 Å². The predicted octanol–water partition coefficient (Wildman–Crippen LogP) is 1.86. The lowest BCUT2D eigenvalue weighted by Crippen LogP contribution is -2.42. The maximum atomic E-state index is 5.65. The Kier molecular flexibility index (Phi) is 2.38. The van der Waals surface area contributed by atoms with Crippen molar-refractivity contribution in [3.63, 3.8) is 0 Å². The first-order valence-electron chi connectivity index (χ1n) is 4.81. The number of benzene rings is 1. The van der Waals surface area contributed by atoms with Gasteiger partial charge in [-0.3, -0.25) is 0 Å². The summed E-state index contributed by atoms with van der Waals surface area (Å²) in [6, 6.07) is 6.26. The zero-order chi connectivity index (χ0) is 10.1. The van der Waals surface area contributed by atoms with Gasteiger partial charge in [-0.2, -0.15) is 0 Å². The molecule has 0 amide bonds. The van der Waals surface area contributed by atoms with Crippen LogP contribution in [0, 0.1) is 0 Å². The standard InChI is InChI=1S/C10H14BNO2/c1-7-9-5-4-8(13-3)6-10(9)14-11(2)12-7/h4-7,12H,1-3H3. The van der Waals surface area contributed by atoms with E-state index in [1.807, 2.05) is 25.0 Å². The van der Waals surface area contributed by atoms with E-state index in [1.165, 1.54) is 5.56 Å². The molecule has 1 heterocycles. The van der Waals surface area contributed by atoms with Crippen molar-refractivity contribution in [1.82, 2.24) is 5.23 Å². The zero-order valence-electron chi connectivity index (χ0n) is 8.70. The van der Waals surface area contributed by atoms with Crippen molar-refractivity contribution < 1.29 is 9.39 Å². The van der Waals surface area contributed by atoms with E-state index in [1.54, 1.807) is 7.11 Å². The van der Waals surface area contributed by atoms with Crippen molar-refractivity contribution in [2.75, 3.05) is 7.11 Å². The summed E-state index contributed by atoms with van der Waals surface area (Å²) in [5.74, 6) is 1.76. The number of hydrogen-bond acceptors (Lipinski definition) is 3. The van der Waals surface area contributed by atoms with Crippen LogP contribution in [0.1, 0.15) is 18.5 Å². The van der Waals surface area contributed by atoms with Gasteiger partial charge >= 0.3 is 7.05 Å². The van der Waals surface area contributed by atoms with Crippen LogP contribution in [0.3, 0.4) is 0 Å². The quantitative estimate of drug-likeness (QED) is 0.687. The van der Waals surface area contributed by atoms with E-state index < -0.39 is 0 Å². The first-order valence-corrected chi connectivity index (χ1v) is 4.81. The minimum Gasteiger partial charge on any atom is -0.546 e. The van der Waals surface area contributed by atoms with Crippen molar-refractivity contribution in [3.05, 3.63) is 23.8 Å². The van der Waals surface area contributed by atoms with Gasteiger partial charge in [0.05, 0.1) is 7.11 Å². The van der Waals surface area contributed by atoms with Gasteiger partial charge in [-0.1, -0.05) is 6.07 Å². The Hall–Kier alpha value is -1.16. The van der Waals surface area contributed by atoms with E-state index in [0.29, 0.717) is 6.04 Å². The van der Waals surface area contributed by atoms with E-state index in [9.17, 15) is 0 Å². The smallest absolute Gasteiger partial charge is 0.443 e. The number of rotatable bonds is 1. The highest BCUT2D eigenvalue weighted by Crippen LogP contribution is 2.32. The van der Waals surface area contributed by atoms with Crippen LogP contribution in [-0.2, 0) is 0 Å². The van der Waals surface area contributed by atoms with Gasteiger partial charge in [0, 0.05) is 17.7 Å². The average Bonchev–Trinajstić information content (AvgIpc) is 2.16. The highest BCUT2D eigenvalue weighted by molar-refractivity contribution is 6.48. The van der Waals surface area contributed by atoms with Gasteiger partial charge in [-0.05, 0) is 19.8 Å². The third-order valence-electron chi connectivity index (χ3n) is 2.48.